The van der Waals surface area contributed by atoms with E-state index in [0.717, 1.165) is 5.56 Å². The number of hydrogen-bond donors (Lipinski definition) is 1. The highest BCUT2D eigenvalue weighted by molar-refractivity contribution is 5.35. The van der Waals surface area contributed by atoms with Gasteiger partial charge in [0, 0.05) is 6.04 Å². The maximum atomic E-state index is 13.9. The molecule has 3 heteroatoms. The van der Waals surface area contributed by atoms with Gasteiger partial charge in [0.05, 0.1) is 0 Å². The van der Waals surface area contributed by atoms with Crippen LogP contribution in [0.25, 0.3) is 0 Å². The lowest BCUT2D eigenvalue weighted by molar-refractivity contribution is 0.441. The van der Waals surface area contributed by atoms with Gasteiger partial charge in [-0.1, -0.05) is 24.3 Å². The first-order chi connectivity index (χ1) is 8.70. The number of hydrogen-bond acceptors (Lipinski definition) is 2. The molecule has 1 N–H and O–H groups in total. The van der Waals surface area contributed by atoms with Gasteiger partial charge in [-0.2, -0.15) is 0 Å². The van der Waals surface area contributed by atoms with E-state index in [4.69, 9.17) is 4.74 Å². The van der Waals surface area contributed by atoms with Gasteiger partial charge in [-0.25, -0.2) is 4.39 Å². The first-order valence-electron chi connectivity index (χ1n) is 5.90. The monoisotopic (exact) mass is 245 g/mol. The molecule has 0 aliphatic rings. The molecule has 2 nitrogen and oxygen atoms in total. The summed E-state index contributed by atoms with van der Waals surface area (Å²) >= 11 is 0. The largest absolute Gasteiger partial charge is 0.454 e. The Bertz CT molecular complexity index is 513. The zero-order chi connectivity index (χ0) is 13.0. The van der Waals surface area contributed by atoms with Crippen LogP contribution < -0.4 is 10.1 Å². The molecule has 0 amide bonds. The molecule has 0 spiro atoms. The highest BCUT2D eigenvalue weighted by atomic mass is 19.1. The third-order valence-corrected chi connectivity index (χ3v) is 2.86. The van der Waals surface area contributed by atoms with Gasteiger partial charge < -0.3 is 10.1 Å². The lowest BCUT2D eigenvalue weighted by Gasteiger charge is -2.12. The molecule has 0 radical (unpaired) electrons. The molecule has 1 atom stereocenters. The van der Waals surface area contributed by atoms with Crippen LogP contribution in [0.3, 0.4) is 0 Å². The van der Waals surface area contributed by atoms with E-state index in [-0.39, 0.29) is 17.6 Å². The van der Waals surface area contributed by atoms with Crippen molar-refractivity contribution in [3.8, 4) is 11.5 Å². The first-order valence-corrected chi connectivity index (χ1v) is 5.90. The van der Waals surface area contributed by atoms with Gasteiger partial charge in [0.2, 0.25) is 0 Å². The molecule has 0 saturated heterocycles. The Labute approximate surface area is 106 Å². The zero-order valence-electron chi connectivity index (χ0n) is 10.5. The SMILES string of the molecule is CNC(C)c1ccc(Oc2ccccc2)c(F)c1. The van der Waals surface area contributed by atoms with Gasteiger partial charge in [-0.05, 0) is 43.8 Å². The van der Waals surface area contributed by atoms with E-state index >= 15 is 0 Å². The fourth-order valence-corrected chi connectivity index (χ4v) is 1.65. The van der Waals surface area contributed by atoms with Crippen LogP contribution in [0.2, 0.25) is 0 Å². The summed E-state index contributed by atoms with van der Waals surface area (Å²) in [6.45, 7) is 1.98. The smallest absolute Gasteiger partial charge is 0.166 e. The van der Waals surface area contributed by atoms with Gasteiger partial charge in [-0.3, -0.25) is 0 Å². The maximum Gasteiger partial charge on any atom is 0.166 e. The van der Waals surface area contributed by atoms with Crippen LogP contribution in [0.15, 0.2) is 48.5 Å². The molecule has 18 heavy (non-hydrogen) atoms. The van der Waals surface area contributed by atoms with Gasteiger partial charge in [0.25, 0.3) is 0 Å². The topological polar surface area (TPSA) is 21.3 Å². The molecule has 1 unspecified atom stereocenters. The first kappa shape index (κ1) is 12.6. The molecule has 0 fully saturated rings. The second-order valence-corrected chi connectivity index (χ2v) is 4.12. The predicted molar refractivity (Wildman–Crippen MR) is 70.4 cm³/mol. The standard InChI is InChI=1S/C15H16FNO/c1-11(17-2)12-8-9-15(14(16)10-12)18-13-6-4-3-5-7-13/h3-11,17H,1-2H3. The van der Waals surface area contributed by atoms with E-state index in [1.54, 1.807) is 18.2 Å². The van der Waals surface area contributed by atoms with E-state index in [1.165, 1.54) is 6.07 Å². The average molecular weight is 245 g/mol. The van der Waals surface area contributed by atoms with Crippen LogP contribution in [0.4, 0.5) is 4.39 Å². The minimum absolute atomic E-state index is 0.116. The lowest BCUT2D eigenvalue weighted by atomic mass is 10.1. The molecule has 0 saturated carbocycles. The fraction of sp³-hybridized carbons (Fsp3) is 0.200. The highest BCUT2D eigenvalue weighted by Crippen LogP contribution is 2.26. The minimum Gasteiger partial charge on any atom is -0.454 e. The summed E-state index contributed by atoms with van der Waals surface area (Å²) in [7, 11) is 1.84. The number of para-hydroxylation sites is 1. The van der Waals surface area contributed by atoms with Crippen molar-refractivity contribution in [2.75, 3.05) is 7.05 Å². The predicted octanol–water partition coefficient (Wildman–Crippen LogP) is 3.90. The van der Waals surface area contributed by atoms with E-state index in [0.29, 0.717) is 5.75 Å². The number of benzene rings is 2. The number of nitrogens with one attached hydrogen (secondary N) is 1. The molecule has 0 aliphatic heterocycles. The molecular weight excluding hydrogens is 229 g/mol. The van der Waals surface area contributed by atoms with Gasteiger partial charge in [0.15, 0.2) is 11.6 Å². The van der Waals surface area contributed by atoms with Gasteiger partial charge >= 0.3 is 0 Å². The van der Waals surface area contributed by atoms with Crippen LogP contribution in [0, 0.1) is 5.82 Å². The van der Waals surface area contributed by atoms with Crippen molar-refractivity contribution in [1.82, 2.24) is 5.32 Å². The summed E-state index contributed by atoms with van der Waals surface area (Å²) < 4.78 is 19.4. The Balaban J connectivity index is 2.20. The van der Waals surface area contributed by atoms with E-state index in [9.17, 15) is 4.39 Å². The zero-order valence-corrected chi connectivity index (χ0v) is 10.5. The fourth-order valence-electron chi connectivity index (χ4n) is 1.65. The van der Waals surface area contributed by atoms with Crippen molar-refractivity contribution < 1.29 is 9.13 Å². The molecule has 2 aromatic rings. The molecule has 2 aromatic carbocycles. The number of ether oxygens (including phenoxy) is 1. The second kappa shape index (κ2) is 5.65. The second-order valence-electron chi connectivity index (χ2n) is 4.12. The summed E-state index contributed by atoms with van der Waals surface area (Å²) in [6.07, 6.45) is 0. The van der Waals surface area contributed by atoms with Crippen LogP contribution in [-0.4, -0.2) is 7.05 Å². The number of rotatable bonds is 4. The summed E-state index contributed by atoms with van der Waals surface area (Å²) in [6, 6.07) is 14.3. The van der Waals surface area contributed by atoms with Crippen molar-refractivity contribution in [2.24, 2.45) is 0 Å². The summed E-state index contributed by atoms with van der Waals surface area (Å²) in [5.74, 6) is 0.525. The average Bonchev–Trinajstić information content (AvgIpc) is 2.41. The third kappa shape index (κ3) is 2.87. The Morgan fingerprint density at radius 2 is 1.83 bits per heavy atom. The van der Waals surface area contributed by atoms with Crippen LogP contribution >= 0.6 is 0 Å². The normalized spacial score (nSPS) is 12.2. The summed E-state index contributed by atoms with van der Waals surface area (Å²) in [5, 5.41) is 3.07. The highest BCUT2D eigenvalue weighted by Gasteiger charge is 2.09. The lowest BCUT2D eigenvalue weighted by Crippen LogP contribution is -2.12. The van der Waals surface area contributed by atoms with Crippen molar-refractivity contribution in [3.05, 3.63) is 59.9 Å². The van der Waals surface area contributed by atoms with E-state index < -0.39 is 0 Å². The van der Waals surface area contributed by atoms with E-state index in [1.807, 2.05) is 38.2 Å². The maximum absolute atomic E-state index is 13.9. The Kier molecular flexibility index (Phi) is 3.95. The Hall–Kier alpha value is -1.87. The summed E-state index contributed by atoms with van der Waals surface area (Å²) in [5.41, 5.74) is 0.899. The number of halogens is 1. The van der Waals surface area contributed by atoms with Crippen molar-refractivity contribution >= 4 is 0 Å². The minimum atomic E-state index is -0.349. The van der Waals surface area contributed by atoms with E-state index in [2.05, 4.69) is 5.32 Å². The van der Waals surface area contributed by atoms with Crippen molar-refractivity contribution in [2.45, 2.75) is 13.0 Å². The Morgan fingerprint density at radius 3 is 2.44 bits per heavy atom. The molecule has 94 valence electrons. The third-order valence-electron chi connectivity index (χ3n) is 2.86. The molecule has 0 aromatic heterocycles. The van der Waals surface area contributed by atoms with Crippen LogP contribution in [-0.2, 0) is 0 Å². The molecule has 0 heterocycles. The molecule has 0 bridgehead atoms. The van der Waals surface area contributed by atoms with Gasteiger partial charge in [0.1, 0.15) is 5.75 Å². The quantitative estimate of drug-likeness (QED) is 0.882. The molecular formula is C15H16FNO. The van der Waals surface area contributed by atoms with Crippen LogP contribution in [0.1, 0.15) is 18.5 Å². The Morgan fingerprint density at radius 1 is 1.11 bits per heavy atom. The van der Waals surface area contributed by atoms with Crippen molar-refractivity contribution in [1.29, 1.82) is 0 Å². The summed E-state index contributed by atoms with van der Waals surface area (Å²) in [4.78, 5) is 0. The van der Waals surface area contributed by atoms with Crippen molar-refractivity contribution in [3.63, 3.8) is 0 Å². The molecule has 0 aliphatic carbocycles. The van der Waals surface area contributed by atoms with Gasteiger partial charge in [-0.15, -0.1) is 0 Å². The van der Waals surface area contributed by atoms with Crippen LogP contribution in [0.5, 0.6) is 11.5 Å². The molecule has 2 rings (SSSR count).